The molecule has 1 aliphatic rings. The number of carbonyl (C=O) groups is 2. The van der Waals surface area contributed by atoms with Crippen LogP contribution in [0.2, 0.25) is 0 Å². The fraction of sp³-hybridized carbons (Fsp3) is 0.667. The van der Waals surface area contributed by atoms with Gasteiger partial charge < -0.3 is 11.1 Å². The zero-order chi connectivity index (χ0) is 13.5. The zero-order valence-electron chi connectivity index (χ0n) is 10.8. The first-order valence-electron chi connectivity index (χ1n) is 6.19. The van der Waals surface area contributed by atoms with E-state index in [1.807, 2.05) is 4.90 Å². The molecule has 1 fully saturated rings. The average molecular weight is 254 g/mol. The summed E-state index contributed by atoms with van der Waals surface area (Å²) >= 11 is 0. The lowest BCUT2D eigenvalue weighted by atomic mass is 10.1. The van der Waals surface area contributed by atoms with Crippen LogP contribution in [0.3, 0.4) is 0 Å². The van der Waals surface area contributed by atoms with Gasteiger partial charge in [-0.05, 0) is 25.8 Å². The molecule has 18 heavy (non-hydrogen) atoms. The highest BCUT2D eigenvalue weighted by Crippen LogP contribution is 2.21. The van der Waals surface area contributed by atoms with Crippen molar-refractivity contribution in [3.05, 3.63) is 12.7 Å². The molecule has 0 aliphatic carbocycles. The first-order valence-corrected chi connectivity index (χ1v) is 6.19. The third-order valence-corrected chi connectivity index (χ3v) is 3.13. The van der Waals surface area contributed by atoms with Gasteiger partial charge in [0.25, 0.3) is 0 Å². The number of carbonyl (C=O) groups excluding carboxylic acids is 2. The molecular formula is C12H22N4O2. The monoisotopic (exact) mass is 254 g/mol. The van der Waals surface area contributed by atoms with Gasteiger partial charge in [0, 0.05) is 19.1 Å². The van der Waals surface area contributed by atoms with Crippen LogP contribution in [0.4, 0.5) is 4.79 Å². The molecule has 0 aromatic carbocycles. The number of amides is 3. The Balaban J connectivity index is 2.32. The molecule has 0 saturated carbocycles. The summed E-state index contributed by atoms with van der Waals surface area (Å²) in [5.41, 5.74) is 5.62. The zero-order valence-corrected chi connectivity index (χ0v) is 10.8. The summed E-state index contributed by atoms with van der Waals surface area (Å²) in [5.74, 6) is 0.156. The van der Waals surface area contributed by atoms with Crippen LogP contribution in [0.5, 0.6) is 0 Å². The lowest BCUT2D eigenvalue weighted by Gasteiger charge is -2.19. The van der Waals surface area contributed by atoms with Crippen LogP contribution in [0.15, 0.2) is 12.7 Å². The van der Waals surface area contributed by atoms with E-state index in [9.17, 15) is 9.59 Å². The Kier molecular flexibility index (Phi) is 5.80. The molecule has 4 N–H and O–H groups in total. The van der Waals surface area contributed by atoms with Crippen LogP contribution in [0.25, 0.3) is 0 Å². The third kappa shape index (κ3) is 4.46. The maximum atomic E-state index is 11.6. The standard InChI is InChI=1S/C12H22N4O2/c1-3-4-14-12(18)15-11(17)8-16-7-10(6-13)5-9(16)2/h3,9-10H,1,4-8,13H2,2H3,(H2,14,15,17,18). The van der Waals surface area contributed by atoms with Gasteiger partial charge >= 0.3 is 6.03 Å². The van der Waals surface area contributed by atoms with E-state index in [-0.39, 0.29) is 12.5 Å². The molecule has 1 heterocycles. The predicted octanol–water partition coefficient (Wildman–Crippen LogP) is -0.333. The van der Waals surface area contributed by atoms with E-state index in [1.165, 1.54) is 0 Å². The maximum Gasteiger partial charge on any atom is 0.321 e. The van der Waals surface area contributed by atoms with E-state index in [2.05, 4.69) is 24.1 Å². The summed E-state index contributed by atoms with van der Waals surface area (Å²) in [6, 6.07) is -0.150. The van der Waals surface area contributed by atoms with E-state index in [0.29, 0.717) is 25.0 Å². The molecular weight excluding hydrogens is 232 g/mol. The van der Waals surface area contributed by atoms with E-state index in [4.69, 9.17) is 5.73 Å². The van der Waals surface area contributed by atoms with Crippen LogP contribution in [0, 0.1) is 5.92 Å². The first kappa shape index (κ1) is 14.7. The molecule has 0 spiro atoms. The van der Waals surface area contributed by atoms with Gasteiger partial charge in [0.15, 0.2) is 0 Å². The van der Waals surface area contributed by atoms with E-state index < -0.39 is 6.03 Å². The minimum absolute atomic E-state index is 0.235. The van der Waals surface area contributed by atoms with Crippen molar-refractivity contribution in [1.82, 2.24) is 15.5 Å². The highest BCUT2D eigenvalue weighted by Gasteiger charge is 2.29. The fourth-order valence-corrected chi connectivity index (χ4v) is 2.17. The van der Waals surface area contributed by atoms with Crippen molar-refractivity contribution in [3.63, 3.8) is 0 Å². The maximum absolute atomic E-state index is 11.6. The normalized spacial score (nSPS) is 23.7. The predicted molar refractivity (Wildman–Crippen MR) is 69.9 cm³/mol. The number of nitrogens with two attached hydrogens (primary N) is 1. The number of rotatable bonds is 5. The first-order chi connectivity index (χ1) is 8.56. The van der Waals surface area contributed by atoms with Crippen LogP contribution in [-0.4, -0.2) is 49.1 Å². The number of nitrogens with one attached hydrogen (secondary N) is 2. The SMILES string of the molecule is C=CCNC(=O)NC(=O)CN1CC(CN)CC1C. The van der Waals surface area contributed by atoms with Crippen molar-refractivity contribution in [3.8, 4) is 0 Å². The summed E-state index contributed by atoms with van der Waals surface area (Å²) < 4.78 is 0. The summed E-state index contributed by atoms with van der Waals surface area (Å²) in [7, 11) is 0. The minimum atomic E-state index is -0.484. The van der Waals surface area contributed by atoms with Crippen molar-refractivity contribution < 1.29 is 9.59 Å². The highest BCUT2D eigenvalue weighted by atomic mass is 16.2. The summed E-state index contributed by atoms with van der Waals surface area (Å²) in [6.07, 6.45) is 2.56. The molecule has 0 aromatic heterocycles. The number of nitrogens with zero attached hydrogens (tertiary/aromatic N) is 1. The second-order valence-corrected chi connectivity index (χ2v) is 4.66. The number of imide groups is 1. The Morgan fingerprint density at radius 1 is 1.56 bits per heavy atom. The average Bonchev–Trinajstić information content (AvgIpc) is 2.67. The second kappa shape index (κ2) is 7.13. The van der Waals surface area contributed by atoms with E-state index in [0.717, 1.165) is 13.0 Å². The van der Waals surface area contributed by atoms with E-state index in [1.54, 1.807) is 6.08 Å². The molecule has 0 radical (unpaired) electrons. The van der Waals surface area contributed by atoms with Gasteiger partial charge in [-0.1, -0.05) is 6.08 Å². The molecule has 1 rings (SSSR count). The molecule has 102 valence electrons. The molecule has 6 heteroatoms. The van der Waals surface area contributed by atoms with Gasteiger partial charge in [0.05, 0.1) is 6.54 Å². The van der Waals surface area contributed by atoms with Crippen molar-refractivity contribution in [2.24, 2.45) is 11.7 Å². The van der Waals surface area contributed by atoms with Crippen LogP contribution in [-0.2, 0) is 4.79 Å². The van der Waals surface area contributed by atoms with Gasteiger partial charge in [-0.25, -0.2) is 4.79 Å². The van der Waals surface area contributed by atoms with Crippen molar-refractivity contribution in [1.29, 1.82) is 0 Å². The number of hydrogen-bond donors (Lipinski definition) is 3. The molecule has 2 unspecified atom stereocenters. The Morgan fingerprint density at radius 3 is 2.83 bits per heavy atom. The lowest BCUT2D eigenvalue weighted by molar-refractivity contribution is -0.121. The highest BCUT2D eigenvalue weighted by molar-refractivity contribution is 5.95. The molecule has 0 bridgehead atoms. The molecule has 1 saturated heterocycles. The topological polar surface area (TPSA) is 87.5 Å². The quantitative estimate of drug-likeness (QED) is 0.586. The number of hydrogen-bond acceptors (Lipinski definition) is 4. The molecule has 0 aromatic rings. The van der Waals surface area contributed by atoms with E-state index >= 15 is 0 Å². The van der Waals surface area contributed by atoms with Gasteiger partial charge in [0.2, 0.25) is 5.91 Å². The Bertz CT molecular complexity index is 319. The van der Waals surface area contributed by atoms with Crippen LogP contribution in [0.1, 0.15) is 13.3 Å². The van der Waals surface area contributed by atoms with Crippen molar-refractivity contribution in [2.45, 2.75) is 19.4 Å². The second-order valence-electron chi connectivity index (χ2n) is 4.66. The molecule has 3 amide bonds. The minimum Gasteiger partial charge on any atom is -0.334 e. The summed E-state index contributed by atoms with van der Waals surface area (Å²) in [4.78, 5) is 25.0. The Labute approximate surface area is 108 Å². The number of urea groups is 1. The van der Waals surface area contributed by atoms with Gasteiger partial charge in [0.1, 0.15) is 0 Å². The van der Waals surface area contributed by atoms with Crippen molar-refractivity contribution in [2.75, 3.05) is 26.2 Å². The summed E-state index contributed by atoms with van der Waals surface area (Å²) in [5, 5.41) is 4.78. The molecule has 1 aliphatic heterocycles. The van der Waals surface area contributed by atoms with Crippen LogP contribution >= 0.6 is 0 Å². The molecule has 6 nitrogen and oxygen atoms in total. The number of likely N-dealkylation sites (tertiary alicyclic amines) is 1. The summed E-state index contributed by atoms with van der Waals surface area (Å²) in [6.45, 7) is 7.58. The smallest absolute Gasteiger partial charge is 0.321 e. The fourth-order valence-electron chi connectivity index (χ4n) is 2.17. The third-order valence-electron chi connectivity index (χ3n) is 3.13. The van der Waals surface area contributed by atoms with Gasteiger partial charge in [-0.3, -0.25) is 15.0 Å². The van der Waals surface area contributed by atoms with Gasteiger partial charge in [-0.2, -0.15) is 0 Å². The molecule has 2 atom stereocenters. The van der Waals surface area contributed by atoms with Gasteiger partial charge in [-0.15, -0.1) is 6.58 Å². The largest absolute Gasteiger partial charge is 0.334 e. The van der Waals surface area contributed by atoms with Crippen molar-refractivity contribution >= 4 is 11.9 Å². The Hall–Kier alpha value is -1.40. The van der Waals surface area contributed by atoms with Crippen LogP contribution < -0.4 is 16.4 Å². The lowest BCUT2D eigenvalue weighted by Crippen LogP contribution is -2.45. The Morgan fingerprint density at radius 2 is 2.28 bits per heavy atom.